The third-order valence-corrected chi connectivity index (χ3v) is 4.48. The van der Waals surface area contributed by atoms with Gasteiger partial charge in [0.1, 0.15) is 6.17 Å². The van der Waals surface area contributed by atoms with Gasteiger partial charge >= 0.3 is 9.95 Å². The number of para-hydroxylation sites is 1. The summed E-state index contributed by atoms with van der Waals surface area (Å²) >= 11 is 11.1. The molecule has 2 atom stereocenters. The van der Waals surface area contributed by atoms with Gasteiger partial charge in [0.25, 0.3) is 0 Å². The molecule has 0 radical (unpaired) electrons. The molecule has 2 rings (SSSR count). The van der Waals surface area contributed by atoms with Gasteiger partial charge in [-0.3, -0.25) is 4.90 Å². The van der Waals surface area contributed by atoms with Crippen LogP contribution in [0.1, 0.15) is 26.7 Å². The summed E-state index contributed by atoms with van der Waals surface area (Å²) in [5, 5.41) is 0. The van der Waals surface area contributed by atoms with Gasteiger partial charge in [-0.05, 0) is 24.5 Å². The number of hydrogen-bond donors (Lipinski definition) is 1. The molecule has 1 N–H and O–H groups in total. The maximum absolute atomic E-state index is 13.5. The highest BCUT2D eigenvalue weighted by Gasteiger charge is 2.44. The molecular formula is C14H18Cl2FN3OS. The molecule has 1 fully saturated rings. The van der Waals surface area contributed by atoms with Gasteiger partial charge in [-0.25, -0.2) is 4.79 Å². The molecule has 0 saturated carbocycles. The molecule has 1 aliphatic rings. The van der Waals surface area contributed by atoms with Crippen molar-refractivity contribution in [3.63, 3.8) is 0 Å². The first-order valence-corrected chi connectivity index (χ1v) is 8.57. The van der Waals surface area contributed by atoms with Crippen molar-refractivity contribution in [1.29, 1.82) is 0 Å². The second kappa shape index (κ2) is 7.25. The number of urea groups is 1. The van der Waals surface area contributed by atoms with Crippen molar-refractivity contribution in [1.82, 2.24) is 9.84 Å². The highest BCUT2D eigenvalue weighted by molar-refractivity contribution is 8.01. The van der Waals surface area contributed by atoms with Crippen LogP contribution in [0, 0.1) is 5.92 Å². The van der Waals surface area contributed by atoms with E-state index in [0.717, 1.165) is 22.9 Å². The first kappa shape index (κ1) is 17.7. The molecule has 0 aromatic heterocycles. The average molecular weight is 366 g/mol. The number of hydrogen-bond acceptors (Lipinski definition) is 3. The van der Waals surface area contributed by atoms with Gasteiger partial charge in [0.05, 0.1) is 0 Å². The van der Waals surface area contributed by atoms with Gasteiger partial charge in [-0.15, -0.1) is 0 Å². The van der Waals surface area contributed by atoms with E-state index in [9.17, 15) is 9.18 Å². The van der Waals surface area contributed by atoms with Crippen molar-refractivity contribution in [2.75, 3.05) is 4.90 Å². The van der Waals surface area contributed by atoms with Crippen molar-refractivity contribution >= 4 is 46.9 Å². The summed E-state index contributed by atoms with van der Waals surface area (Å²) in [6.07, 6.45) is 1.63. The number of carbonyl (C=O) groups is 1. The zero-order chi connectivity index (χ0) is 16.3. The van der Waals surface area contributed by atoms with Crippen LogP contribution < -0.4 is 10.3 Å². The summed E-state index contributed by atoms with van der Waals surface area (Å²) < 4.78 is 11.9. The van der Waals surface area contributed by atoms with Crippen molar-refractivity contribution in [3.05, 3.63) is 30.3 Å². The van der Waals surface area contributed by atoms with Crippen molar-refractivity contribution in [3.8, 4) is 0 Å². The molecule has 2 unspecified atom stereocenters. The molecular weight excluding hydrogens is 348 g/mol. The van der Waals surface area contributed by atoms with Crippen molar-refractivity contribution in [2.45, 2.75) is 36.8 Å². The fourth-order valence-electron chi connectivity index (χ4n) is 2.47. The van der Waals surface area contributed by atoms with Crippen LogP contribution in [0.2, 0.25) is 0 Å². The third kappa shape index (κ3) is 4.19. The standard InChI is InChI=1S/C14H18Cl2FN3OS/c1-3-7-10(2)12-18-20(22-14(15,16)17)13(21)19(12)11-8-5-4-6-9-11/h4-6,8-10,12,18H,3,7H2,1-2H3. The van der Waals surface area contributed by atoms with E-state index in [-0.39, 0.29) is 12.1 Å². The Morgan fingerprint density at radius 2 is 2.05 bits per heavy atom. The Balaban J connectivity index is 2.27. The molecule has 1 heterocycles. The summed E-state index contributed by atoms with van der Waals surface area (Å²) in [4.78, 5) is 14.2. The second-order valence-corrected chi connectivity index (χ2v) is 7.95. The third-order valence-electron chi connectivity index (χ3n) is 3.42. The number of rotatable bonds is 6. The Morgan fingerprint density at radius 1 is 1.41 bits per heavy atom. The average Bonchev–Trinajstić information content (AvgIpc) is 2.75. The number of benzene rings is 1. The maximum Gasteiger partial charge on any atom is 0.350 e. The minimum atomic E-state index is -2.58. The number of nitrogens with one attached hydrogen (secondary N) is 1. The molecule has 1 aromatic rings. The molecule has 1 saturated heterocycles. The monoisotopic (exact) mass is 365 g/mol. The van der Waals surface area contributed by atoms with E-state index in [1.807, 2.05) is 37.3 Å². The predicted octanol–water partition coefficient (Wildman–Crippen LogP) is 4.90. The molecule has 0 aliphatic carbocycles. The Morgan fingerprint density at radius 3 is 2.59 bits per heavy atom. The second-order valence-electron chi connectivity index (χ2n) is 5.16. The molecule has 1 aliphatic heterocycles. The minimum Gasteiger partial charge on any atom is -0.275 e. The topological polar surface area (TPSA) is 35.6 Å². The zero-order valence-electron chi connectivity index (χ0n) is 12.3. The van der Waals surface area contributed by atoms with E-state index < -0.39 is 9.95 Å². The lowest BCUT2D eigenvalue weighted by Gasteiger charge is -2.27. The smallest absolute Gasteiger partial charge is 0.275 e. The summed E-state index contributed by atoms with van der Waals surface area (Å²) in [5.74, 6) is 0.180. The molecule has 0 spiro atoms. The van der Waals surface area contributed by atoms with Gasteiger partial charge in [-0.1, -0.05) is 61.7 Å². The summed E-state index contributed by atoms with van der Waals surface area (Å²) in [5.41, 5.74) is 3.73. The Kier molecular flexibility index (Phi) is 5.82. The number of nitrogens with zero attached hydrogens (tertiary/aromatic N) is 2. The lowest BCUT2D eigenvalue weighted by molar-refractivity contribution is 0.235. The number of anilines is 1. The first-order valence-electron chi connectivity index (χ1n) is 7.04. The molecule has 1 aromatic carbocycles. The van der Waals surface area contributed by atoms with Crippen LogP contribution in [0.4, 0.5) is 14.9 Å². The number of amides is 2. The first-order chi connectivity index (χ1) is 10.3. The largest absolute Gasteiger partial charge is 0.350 e. The van der Waals surface area contributed by atoms with E-state index in [4.69, 9.17) is 23.2 Å². The van der Waals surface area contributed by atoms with Crippen LogP contribution >= 0.6 is 35.1 Å². The highest BCUT2D eigenvalue weighted by Crippen LogP contribution is 2.41. The Hall–Kier alpha value is -0.690. The normalized spacial score (nSPS) is 20.6. The fraction of sp³-hybridized carbons (Fsp3) is 0.500. The Bertz CT molecular complexity index is 515. The van der Waals surface area contributed by atoms with Crippen molar-refractivity contribution in [2.24, 2.45) is 5.92 Å². The SMILES string of the molecule is CCCC(C)C1NN(SC(F)(Cl)Cl)C(=O)N1c1ccccc1. The van der Waals surface area contributed by atoms with E-state index in [0.29, 0.717) is 11.9 Å². The summed E-state index contributed by atoms with van der Waals surface area (Å²) in [6, 6.07) is 8.85. The summed E-state index contributed by atoms with van der Waals surface area (Å²) in [6.45, 7) is 4.12. The highest BCUT2D eigenvalue weighted by atomic mass is 35.5. The number of alkyl halides is 3. The van der Waals surface area contributed by atoms with Crippen LogP contribution in [0.25, 0.3) is 0 Å². The van der Waals surface area contributed by atoms with Gasteiger partial charge in [-0.2, -0.15) is 14.2 Å². The predicted molar refractivity (Wildman–Crippen MR) is 90.3 cm³/mol. The maximum atomic E-state index is 13.5. The lowest BCUT2D eigenvalue weighted by atomic mass is 10.0. The van der Waals surface area contributed by atoms with Gasteiger partial charge in [0.15, 0.2) is 0 Å². The van der Waals surface area contributed by atoms with Gasteiger partial charge in [0, 0.05) is 17.6 Å². The Labute approximate surface area is 144 Å². The summed E-state index contributed by atoms with van der Waals surface area (Å²) in [7, 11) is 0. The molecule has 22 heavy (non-hydrogen) atoms. The number of carbonyl (C=O) groups excluding carboxylic acids is 1. The molecule has 8 heteroatoms. The quantitative estimate of drug-likeness (QED) is 0.574. The zero-order valence-corrected chi connectivity index (χ0v) is 14.6. The molecule has 4 nitrogen and oxygen atoms in total. The fourth-order valence-corrected chi connectivity index (χ4v) is 3.42. The minimum absolute atomic E-state index is 0.180. The van der Waals surface area contributed by atoms with E-state index in [2.05, 4.69) is 12.3 Å². The van der Waals surface area contributed by atoms with Gasteiger partial charge in [0.2, 0.25) is 0 Å². The number of hydrazine groups is 1. The van der Waals surface area contributed by atoms with E-state index >= 15 is 0 Å². The lowest BCUT2D eigenvalue weighted by Crippen LogP contribution is -2.42. The number of halogens is 3. The van der Waals surface area contributed by atoms with E-state index in [1.54, 1.807) is 4.90 Å². The molecule has 2 amide bonds. The van der Waals surface area contributed by atoms with Crippen molar-refractivity contribution < 1.29 is 9.18 Å². The molecule has 122 valence electrons. The van der Waals surface area contributed by atoms with Gasteiger partial charge < -0.3 is 0 Å². The van der Waals surface area contributed by atoms with Crippen LogP contribution in [0.5, 0.6) is 0 Å². The van der Waals surface area contributed by atoms with Crippen LogP contribution in [0.3, 0.4) is 0 Å². The van der Waals surface area contributed by atoms with E-state index in [1.165, 1.54) is 0 Å². The van der Waals surface area contributed by atoms with Crippen LogP contribution in [-0.4, -0.2) is 20.5 Å². The van der Waals surface area contributed by atoms with Crippen LogP contribution in [-0.2, 0) is 0 Å². The molecule has 0 bridgehead atoms. The van der Waals surface area contributed by atoms with Crippen LogP contribution in [0.15, 0.2) is 30.3 Å².